The topological polar surface area (TPSA) is 55.5 Å². The molecule has 0 radical (unpaired) electrons. The third kappa shape index (κ3) is 4.37. The van der Waals surface area contributed by atoms with Crippen molar-refractivity contribution in [3.05, 3.63) is 22.2 Å². The van der Waals surface area contributed by atoms with E-state index in [-0.39, 0.29) is 24.2 Å². The Morgan fingerprint density at radius 2 is 2.00 bits per heavy atom. The number of hydrogen-bond donors (Lipinski definition) is 2. The summed E-state index contributed by atoms with van der Waals surface area (Å²) in [6.45, 7) is 4.21. The molecule has 0 saturated carbocycles. The molecule has 3 N–H and O–H groups in total. The zero-order chi connectivity index (χ0) is 12.3. The average Bonchev–Trinajstić information content (AvgIpc) is 2.20. The molecule has 17 heavy (non-hydrogen) atoms. The summed E-state index contributed by atoms with van der Waals surface area (Å²) in [7, 11) is 1.59. The number of phenolic OH excluding ortho intramolecular Hbond substituents is 1. The normalized spacial score (nSPS) is 12.1. The molecule has 1 atom stereocenters. The maximum absolute atomic E-state index is 9.92. The Morgan fingerprint density at radius 3 is 2.47 bits per heavy atom. The van der Waals surface area contributed by atoms with Crippen molar-refractivity contribution >= 4 is 28.3 Å². The number of nitrogens with two attached hydrogens (primary N) is 1. The van der Waals surface area contributed by atoms with Crippen molar-refractivity contribution in [2.24, 2.45) is 11.7 Å². The van der Waals surface area contributed by atoms with Crippen molar-refractivity contribution < 1.29 is 9.84 Å². The molecule has 0 fully saturated rings. The van der Waals surface area contributed by atoms with Gasteiger partial charge in [0.15, 0.2) is 0 Å². The summed E-state index contributed by atoms with van der Waals surface area (Å²) in [6, 6.07) is 3.33. The van der Waals surface area contributed by atoms with Gasteiger partial charge in [-0.3, -0.25) is 0 Å². The van der Waals surface area contributed by atoms with Crippen molar-refractivity contribution in [3.8, 4) is 11.5 Å². The van der Waals surface area contributed by atoms with E-state index in [0.29, 0.717) is 16.1 Å². The average molecular weight is 325 g/mol. The molecular formula is C12H19BrClNO2. The zero-order valence-electron chi connectivity index (χ0n) is 10.2. The van der Waals surface area contributed by atoms with Crippen molar-refractivity contribution in [1.29, 1.82) is 0 Å². The molecule has 0 amide bonds. The van der Waals surface area contributed by atoms with Crippen molar-refractivity contribution in [2.75, 3.05) is 7.11 Å². The van der Waals surface area contributed by atoms with E-state index in [1.54, 1.807) is 19.2 Å². The van der Waals surface area contributed by atoms with Gasteiger partial charge in [0.1, 0.15) is 11.5 Å². The Bertz CT molecular complexity index is 372. The summed E-state index contributed by atoms with van der Waals surface area (Å²) < 4.78 is 5.76. The molecule has 0 aliphatic heterocycles. The first-order valence-electron chi connectivity index (χ1n) is 5.27. The van der Waals surface area contributed by atoms with Gasteiger partial charge < -0.3 is 15.6 Å². The minimum atomic E-state index is -0.175. The Morgan fingerprint density at radius 1 is 1.41 bits per heavy atom. The van der Waals surface area contributed by atoms with Gasteiger partial charge in [0.25, 0.3) is 0 Å². The molecule has 0 aliphatic rings. The van der Waals surface area contributed by atoms with Gasteiger partial charge in [-0.05, 0) is 40.4 Å². The third-order valence-electron chi connectivity index (χ3n) is 2.43. The van der Waals surface area contributed by atoms with Gasteiger partial charge in [-0.25, -0.2) is 0 Å². The second kappa shape index (κ2) is 7.09. The predicted octanol–water partition coefficient (Wildman–Crippen LogP) is 3.63. The number of ether oxygens (including phenoxy) is 1. The minimum Gasteiger partial charge on any atom is -0.506 e. The molecule has 1 rings (SSSR count). The van der Waals surface area contributed by atoms with Crippen LogP contribution in [-0.2, 0) is 0 Å². The maximum atomic E-state index is 9.92. The molecule has 98 valence electrons. The molecule has 0 aliphatic carbocycles. The van der Waals surface area contributed by atoms with Gasteiger partial charge in [0, 0.05) is 11.6 Å². The van der Waals surface area contributed by atoms with Crippen LogP contribution in [0.25, 0.3) is 0 Å². The summed E-state index contributed by atoms with van der Waals surface area (Å²) in [6.07, 6.45) is 0.827. The summed E-state index contributed by atoms with van der Waals surface area (Å²) >= 11 is 3.29. The largest absolute Gasteiger partial charge is 0.506 e. The molecule has 0 aromatic heterocycles. The maximum Gasteiger partial charge on any atom is 0.134 e. The lowest BCUT2D eigenvalue weighted by molar-refractivity contribution is 0.405. The van der Waals surface area contributed by atoms with Gasteiger partial charge in [-0.2, -0.15) is 0 Å². The summed E-state index contributed by atoms with van der Waals surface area (Å²) in [5.74, 6) is 1.38. The van der Waals surface area contributed by atoms with Crippen LogP contribution >= 0.6 is 28.3 Å². The lowest BCUT2D eigenvalue weighted by Gasteiger charge is -2.17. The number of rotatable bonds is 4. The molecule has 3 nitrogen and oxygen atoms in total. The smallest absolute Gasteiger partial charge is 0.134 e. The second-order valence-electron chi connectivity index (χ2n) is 4.28. The second-order valence-corrected chi connectivity index (χ2v) is 5.14. The highest BCUT2D eigenvalue weighted by atomic mass is 79.9. The Kier molecular flexibility index (Phi) is 6.90. The zero-order valence-corrected chi connectivity index (χ0v) is 12.6. The molecule has 1 aromatic carbocycles. The fourth-order valence-corrected chi connectivity index (χ4v) is 2.08. The number of benzene rings is 1. The minimum absolute atomic E-state index is 0. The van der Waals surface area contributed by atoms with E-state index in [4.69, 9.17) is 10.5 Å². The Balaban J connectivity index is 0.00000256. The fourth-order valence-electron chi connectivity index (χ4n) is 1.63. The van der Waals surface area contributed by atoms with Crippen LogP contribution in [0.3, 0.4) is 0 Å². The van der Waals surface area contributed by atoms with Crippen LogP contribution in [0.4, 0.5) is 0 Å². The number of hydrogen-bond acceptors (Lipinski definition) is 3. The molecule has 5 heteroatoms. The van der Waals surface area contributed by atoms with E-state index in [0.717, 1.165) is 12.0 Å². The first-order valence-corrected chi connectivity index (χ1v) is 6.07. The predicted molar refractivity (Wildman–Crippen MR) is 76.0 cm³/mol. The van der Waals surface area contributed by atoms with Crippen molar-refractivity contribution in [1.82, 2.24) is 0 Å². The first-order chi connectivity index (χ1) is 7.45. The van der Waals surface area contributed by atoms with E-state index in [2.05, 4.69) is 29.8 Å². The molecule has 0 unspecified atom stereocenters. The number of phenols is 1. The Hall–Kier alpha value is -0.450. The molecule has 0 spiro atoms. The first kappa shape index (κ1) is 16.6. The lowest BCUT2D eigenvalue weighted by Crippen LogP contribution is -2.13. The standard InChI is InChI=1S/C12H18BrNO2.ClH/c1-7(2)4-11(14)9-5-8(16-3)6-10(13)12(9)15;/h5-7,11,15H,4,14H2,1-3H3;1H/t11-;/m1./s1. The number of halogens is 2. The molecule has 0 bridgehead atoms. The van der Waals surface area contributed by atoms with Crippen LogP contribution in [0.2, 0.25) is 0 Å². The van der Waals surface area contributed by atoms with Crippen molar-refractivity contribution in [2.45, 2.75) is 26.3 Å². The van der Waals surface area contributed by atoms with E-state index < -0.39 is 0 Å². The van der Waals surface area contributed by atoms with Crippen molar-refractivity contribution in [3.63, 3.8) is 0 Å². The lowest BCUT2D eigenvalue weighted by atomic mass is 9.97. The van der Waals surface area contributed by atoms with Gasteiger partial charge in [-0.15, -0.1) is 12.4 Å². The SMILES string of the molecule is COc1cc(Br)c(O)c([C@H](N)CC(C)C)c1.Cl. The highest BCUT2D eigenvalue weighted by Gasteiger charge is 2.16. The van der Waals surface area contributed by atoms with Crippen LogP contribution < -0.4 is 10.5 Å². The van der Waals surface area contributed by atoms with Gasteiger partial charge in [-0.1, -0.05) is 13.8 Å². The summed E-state index contributed by atoms with van der Waals surface area (Å²) in [5.41, 5.74) is 6.78. The molecule has 0 heterocycles. The van der Waals surface area contributed by atoms with Crippen LogP contribution in [-0.4, -0.2) is 12.2 Å². The van der Waals surface area contributed by atoms with Crippen LogP contribution in [0.1, 0.15) is 31.9 Å². The molecule has 1 aromatic rings. The van der Waals surface area contributed by atoms with Gasteiger partial charge >= 0.3 is 0 Å². The Labute approximate surface area is 117 Å². The summed E-state index contributed by atoms with van der Waals surface area (Å²) in [4.78, 5) is 0. The van der Waals surface area contributed by atoms with Crippen LogP contribution in [0, 0.1) is 5.92 Å². The molecular weight excluding hydrogens is 305 g/mol. The van der Waals surface area contributed by atoms with E-state index >= 15 is 0 Å². The highest BCUT2D eigenvalue weighted by Crippen LogP contribution is 2.36. The van der Waals surface area contributed by atoms with Gasteiger partial charge in [0.2, 0.25) is 0 Å². The van der Waals surface area contributed by atoms with E-state index in [1.807, 2.05) is 0 Å². The highest BCUT2D eigenvalue weighted by molar-refractivity contribution is 9.10. The number of methoxy groups -OCH3 is 1. The van der Waals surface area contributed by atoms with E-state index in [9.17, 15) is 5.11 Å². The third-order valence-corrected chi connectivity index (χ3v) is 3.03. The summed E-state index contributed by atoms with van der Waals surface area (Å²) in [5, 5.41) is 9.92. The van der Waals surface area contributed by atoms with Crippen LogP contribution in [0.5, 0.6) is 11.5 Å². The molecule has 0 saturated heterocycles. The quantitative estimate of drug-likeness (QED) is 0.889. The van der Waals surface area contributed by atoms with Crippen LogP contribution in [0.15, 0.2) is 16.6 Å². The fraction of sp³-hybridized carbons (Fsp3) is 0.500. The van der Waals surface area contributed by atoms with E-state index in [1.165, 1.54) is 0 Å². The van der Waals surface area contributed by atoms with Gasteiger partial charge in [0.05, 0.1) is 11.6 Å². The number of aromatic hydroxyl groups is 1. The monoisotopic (exact) mass is 323 g/mol.